The number of rotatable bonds is 8. The maximum atomic E-state index is 10.8. The molecule has 0 bridgehead atoms. The Morgan fingerprint density at radius 3 is 2.04 bits per heavy atom. The van der Waals surface area contributed by atoms with Crippen molar-refractivity contribution in [1.29, 1.82) is 0 Å². The molecular formula is C20H27NOS. The highest BCUT2D eigenvalue weighted by Crippen LogP contribution is 2.30. The summed E-state index contributed by atoms with van der Waals surface area (Å²) in [6.45, 7) is 9.20. The standard InChI is InChI=1S/C20H27NOS/c1-4-21(5-2)16-15-20(3,22)17-11-13-19(14-12-17)23-18-9-7-6-8-10-18/h6-14,22H,4-5,15-16H2,1-3H3. The van der Waals surface area contributed by atoms with Crippen LogP contribution in [0.15, 0.2) is 64.4 Å². The quantitative estimate of drug-likeness (QED) is 0.754. The normalized spacial score (nSPS) is 14.0. The minimum absolute atomic E-state index is 0.750. The van der Waals surface area contributed by atoms with Gasteiger partial charge in [0.15, 0.2) is 0 Å². The van der Waals surface area contributed by atoms with Gasteiger partial charge in [0, 0.05) is 16.3 Å². The van der Waals surface area contributed by atoms with Crippen LogP contribution in [0.2, 0.25) is 0 Å². The number of benzene rings is 2. The molecule has 0 aromatic heterocycles. The summed E-state index contributed by atoms with van der Waals surface area (Å²) in [6, 6.07) is 18.6. The van der Waals surface area contributed by atoms with Crippen LogP contribution in [0.4, 0.5) is 0 Å². The van der Waals surface area contributed by atoms with Gasteiger partial charge >= 0.3 is 0 Å². The van der Waals surface area contributed by atoms with Crippen LogP contribution in [0.25, 0.3) is 0 Å². The van der Waals surface area contributed by atoms with Gasteiger partial charge < -0.3 is 10.0 Å². The SMILES string of the molecule is CCN(CC)CCC(C)(O)c1ccc(Sc2ccccc2)cc1. The largest absolute Gasteiger partial charge is 0.385 e. The highest BCUT2D eigenvalue weighted by atomic mass is 32.2. The summed E-state index contributed by atoms with van der Waals surface area (Å²) in [4.78, 5) is 4.77. The second-order valence-electron chi connectivity index (χ2n) is 5.99. The molecule has 0 fully saturated rings. The lowest BCUT2D eigenvalue weighted by Gasteiger charge is -2.27. The van der Waals surface area contributed by atoms with E-state index < -0.39 is 5.60 Å². The van der Waals surface area contributed by atoms with Crippen LogP contribution in [-0.2, 0) is 5.60 Å². The van der Waals surface area contributed by atoms with Crippen molar-refractivity contribution in [2.45, 2.75) is 42.6 Å². The zero-order valence-corrected chi connectivity index (χ0v) is 15.1. The van der Waals surface area contributed by atoms with Crippen LogP contribution >= 0.6 is 11.8 Å². The molecule has 2 rings (SSSR count). The highest BCUT2D eigenvalue weighted by molar-refractivity contribution is 7.99. The second-order valence-corrected chi connectivity index (χ2v) is 7.14. The van der Waals surface area contributed by atoms with Crippen molar-refractivity contribution in [2.24, 2.45) is 0 Å². The number of hydrogen-bond donors (Lipinski definition) is 1. The summed E-state index contributed by atoms with van der Waals surface area (Å²) in [7, 11) is 0. The third-order valence-corrected chi connectivity index (χ3v) is 5.28. The lowest BCUT2D eigenvalue weighted by molar-refractivity contribution is 0.0369. The fraction of sp³-hybridized carbons (Fsp3) is 0.400. The van der Waals surface area contributed by atoms with E-state index in [0.717, 1.165) is 31.6 Å². The first-order valence-corrected chi connectivity index (χ1v) is 9.15. The zero-order valence-electron chi connectivity index (χ0n) is 14.3. The molecule has 0 aliphatic rings. The van der Waals surface area contributed by atoms with Crippen molar-refractivity contribution in [3.63, 3.8) is 0 Å². The Labute approximate surface area is 144 Å². The van der Waals surface area contributed by atoms with Crippen molar-refractivity contribution in [3.05, 3.63) is 60.2 Å². The van der Waals surface area contributed by atoms with Gasteiger partial charge in [0.1, 0.15) is 0 Å². The molecule has 124 valence electrons. The molecule has 1 unspecified atom stereocenters. The van der Waals surface area contributed by atoms with Gasteiger partial charge in [-0.05, 0) is 56.3 Å². The minimum atomic E-state index is -0.779. The zero-order chi connectivity index (χ0) is 16.7. The maximum Gasteiger partial charge on any atom is 0.0880 e. The Morgan fingerprint density at radius 2 is 1.48 bits per heavy atom. The first-order valence-electron chi connectivity index (χ1n) is 8.33. The minimum Gasteiger partial charge on any atom is -0.385 e. The van der Waals surface area contributed by atoms with Crippen LogP contribution in [0.1, 0.15) is 32.8 Å². The van der Waals surface area contributed by atoms with E-state index in [1.165, 1.54) is 9.79 Å². The summed E-state index contributed by atoms with van der Waals surface area (Å²) >= 11 is 1.74. The Morgan fingerprint density at radius 1 is 0.913 bits per heavy atom. The van der Waals surface area contributed by atoms with E-state index in [0.29, 0.717) is 0 Å². The van der Waals surface area contributed by atoms with Crippen LogP contribution in [0, 0.1) is 0 Å². The molecule has 2 aromatic rings. The first kappa shape index (κ1) is 18.1. The van der Waals surface area contributed by atoms with Crippen LogP contribution in [0.3, 0.4) is 0 Å². The van der Waals surface area contributed by atoms with Gasteiger partial charge in [0.25, 0.3) is 0 Å². The Kier molecular flexibility index (Phi) is 6.70. The molecule has 0 saturated heterocycles. The van der Waals surface area contributed by atoms with Gasteiger partial charge in [0.2, 0.25) is 0 Å². The second kappa shape index (κ2) is 8.53. The van der Waals surface area contributed by atoms with Crippen molar-refractivity contribution in [3.8, 4) is 0 Å². The molecule has 2 aromatic carbocycles. The van der Waals surface area contributed by atoms with Gasteiger partial charge in [-0.3, -0.25) is 0 Å². The van der Waals surface area contributed by atoms with E-state index >= 15 is 0 Å². The van der Waals surface area contributed by atoms with Gasteiger partial charge in [-0.2, -0.15) is 0 Å². The fourth-order valence-electron chi connectivity index (χ4n) is 2.57. The van der Waals surface area contributed by atoms with E-state index in [2.05, 4.69) is 55.1 Å². The smallest absolute Gasteiger partial charge is 0.0880 e. The highest BCUT2D eigenvalue weighted by Gasteiger charge is 2.23. The van der Waals surface area contributed by atoms with Gasteiger partial charge in [-0.15, -0.1) is 0 Å². The summed E-state index contributed by atoms with van der Waals surface area (Å²) < 4.78 is 0. The molecular weight excluding hydrogens is 302 g/mol. The third kappa shape index (κ3) is 5.38. The number of hydrogen-bond acceptors (Lipinski definition) is 3. The van der Waals surface area contributed by atoms with Gasteiger partial charge in [-0.1, -0.05) is 55.9 Å². The fourth-order valence-corrected chi connectivity index (χ4v) is 3.40. The lowest BCUT2D eigenvalue weighted by atomic mass is 9.92. The average Bonchev–Trinajstić information content (AvgIpc) is 2.57. The Balaban J connectivity index is 2.00. The molecule has 0 radical (unpaired) electrons. The van der Waals surface area contributed by atoms with Crippen molar-refractivity contribution in [1.82, 2.24) is 4.90 Å². The van der Waals surface area contributed by atoms with Gasteiger partial charge in [-0.25, -0.2) is 0 Å². The Hall–Kier alpha value is -1.29. The molecule has 0 aliphatic carbocycles. The molecule has 3 heteroatoms. The van der Waals surface area contributed by atoms with Crippen LogP contribution in [-0.4, -0.2) is 29.6 Å². The molecule has 1 atom stereocenters. The van der Waals surface area contributed by atoms with E-state index in [9.17, 15) is 5.11 Å². The lowest BCUT2D eigenvalue weighted by Crippen LogP contribution is -2.31. The topological polar surface area (TPSA) is 23.5 Å². The predicted molar refractivity (Wildman–Crippen MR) is 99.0 cm³/mol. The maximum absolute atomic E-state index is 10.8. The summed E-state index contributed by atoms with van der Waals surface area (Å²) in [6.07, 6.45) is 0.750. The van der Waals surface area contributed by atoms with E-state index in [-0.39, 0.29) is 0 Å². The summed E-state index contributed by atoms with van der Waals surface area (Å²) in [5, 5.41) is 10.8. The van der Waals surface area contributed by atoms with Crippen LogP contribution < -0.4 is 0 Å². The molecule has 1 N–H and O–H groups in total. The molecule has 2 nitrogen and oxygen atoms in total. The monoisotopic (exact) mass is 329 g/mol. The number of aliphatic hydroxyl groups is 1. The Bertz CT molecular complexity index is 576. The van der Waals surface area contributed by atoms with Crippen molar-refractivity contribution in [2.75, 3.05) is 19.6 Å². The summed E-state index contributed by atoms with van der Waals surface area (Å²) in [5.41, 5.74) is 0.209. The van der Waals surface area contributed by atoms with Crippen molar-refractivity contribution < 1.29 is 5.11 Å². The average molecular weight is 330 g/mol. The first-order chi connectivity index (χ1) is 11.0. The van der Waals surface area contributed by atoms with E-state index in [1.807, 2.05) is 25.1 Å². The van der Waals surface area contributed by atoms with E-state index in [1.54, 1.807) is 11.8 Å². The molecule has 0 heterocycles. The summed E-state index contributed by atoms with van der Waals surface area (Å²) in [5.74, 6) is 0. The molecule has 0 spiro atoms. The van der Waals surface area contributed by atoms with Crippen LogP contribution in [0.5, 0.6) is 0 Å². The van der Waals surface area contributed by atoms with Gasteiger partial charge in [0.05, 0.1) is 5.60 Å². The predicted octanol–water partition coefficient (Wildman–Crippen LogP) is 4.78. The third-order valence-electron chi connectivity index (χ3n) is 4.26. The van der Waals surface area contributed by atoms with E-state index in [4.69, 9.17) is 0 Å². The molecule has 23 heavy (non-hydrogen) atoms. The molecule has 0 saturated carbocycles. The number of nitrogens with zero attached hydrogens (tertiary/aromatic N) is 1. The van der Waals surface area contributed by atoms with Crippen molar-refractivity contribution >= 4 is 11.8 Å². The molecule has 0 aliphatic heterocycles. The molecule has 0 amide bonds.